The molecule has 8 heteroatoms. The highest BCUT2D eigenvalue weighted by Crippen LogP contribution is 2.19. The van der Waals surface area contributed by atoms with Gasteiger partial charge in [-0.2, -0.15) is 0 Å². The molecule has 0 unspecified atom stereocenters. The number of nitrogens with one attached hydrogen (secondary N) is 1. The lowest BCUT2D eigenvalue weighted by atomic mass is 10.2. The van der Waals surface area contributed by atoms with Crippen LogP contribution in [0.15, 0.2) is 48.2 Å². The molecule has 0 spiro atoms. The third kappa shape index (κ3) is 4.66. The van der Waals surface area contributed by atoms with Crippen LogP contribution in [-0.4, -0.2) is 26.9 Å². The number of anilines is 1. The van der Waals surface area contributed by atoms with Gasteiger partial charge in [0.15, 0.2) is 0 Å². The average Bonchev–Trinajstić information content (AvgIpc) is 2.95. The zero-order valence-electron chi connectivity index (χ0n) is 14.5. The maximum atomic E-state index is 11.0. The van der Waals surface area contributed by atoms with Crippen LogP contribution in [0.3, 0.4) is 0 Å². The van der Waals surface area contributed by atoms with Crippen LogP contribution in [0.25, 0.3) is 0 Å². The van der Waals surface area contributed by atoms with Crippen LogP contribution in [0, 0.1) is 16.0 Å². The number of aromatic nitrogens is 2. The Bertz CT molecular complexity index is 778. The third-order valence-electron chi connectivity index (χ3n) is 3.33. The summed E-state index contributed by atoms with van der Waals surface area (Å²) in [7, 11) is 1.53. The molecule has 0 atom stereocenters. The lowest BCUT2D eigenvalue weighted by molar-refractivity contribution is -0.391. The molecule has 1 N–H and O–H groups in total. The summed E-state index contributed by atoms with van der Waals surface area (Å²) < 4.78 is 7.05. The van der Waals surface area contributed by atoms with Crippen LogP contribution in [0.4, 0.5) is 11.5 Å². The summed E-state index contributed by atoms with van der Waals surface area (Å²) in [5, 5.41) is 14.3. The number of aliphatic imine (C=N–C) groups is 1. The second kappa shape index (κ2) is 8.09. The molecule has 0 aliphatic rings. The van der Waals surface area contributed by atoms with Crippen molar-refractivity contribution < 1.29 is 9.66 Å². The lowest BCUT2D eigenvalue weighted by Gasteiger charge is -2.10. The van der Waals surface area contributed by atoms with Gasteiger partial charge in [-0.05, 0) is 35.1 Å². The van der Waals surface area contributed by atoms with Crippen molar-refractivity contribution in [1.82, 2.24) is 9.55 Å². The van der Waals surface area contributed by atoms with E-state index < -0.39 is 4.92 Å². The number of hydrogen-bond donors (Lipinski definition) is 1. The Kier molecular flexibility index (Phi) is 5.89. The molecule has 25 heavy (non-hydrogen) atoms. The maximum Gasteiger partial charge on any atom is 0.343 e. The second-order valence-electron chi connectivity index (χ2n) is 5.77. The minimum Gasteiger partial charge on any atom is -0.434 e. The van der Waals surface area contributed by atoms with Gasteiger partial charge < -0.3 is 20.2 Å². The summed E-state index contributed by atoms with van der Waals surface area (Å²) in [4.78, 5) is 18.5. The van der Waals surface area contributed by atoms with Gasteiger partial charge in [-0.25, -0.2) is 14.5 Å². The minimum atomic E-state index is -0.517. The highest BCUT2D eigenvalue weighted by atomic mass is 16.6. The van der Waals surface area contributed by atoms with Gasteiger partial charge in [0.25, 0.3) is 11.7 Å². The van der Waals surface area contributed by atoms with Gasteiger partial charge in [-0.15, -0.1) is 0 Å². The summed E-state index contributed by atoms with van der Waals surface area (Å²) in [5.41, 5.74) is 0.982. The molecule has 0 bridgehead atoms. The molecule has 2 rings (SSSR count). The molecule has 0 fully saturated rings. The number of nitrogens with zero attached hydrogens (tertiary/aromatic N) is 4. The summed E-state index contributed by atoms with van der Waals surface area (Å²) in [6.07, 6.45) is 2.46. The molecular formula is C17H21N5O3. The van der Waals surface area contributed by atoms with E-state index in [0.29, 0.717) is 11.7 Å². The normalized spacial score (nSPS) is 11.4. The van der Waals surface area contributed by atoms with Crippen molar-refractivity contribution in [2.45, 2.75) is 13.8 Å². The monoisotopic (exact) mass is 343 g/mol. The van der Waals surface area contributed by atoms with Gasteiger partial charge in [0.2, 0.25) is 0 Å². The van der Waals surface area contributed by atoms with Gasteiger partial charge in [0, 0.05) is 18.4 Å². The molecule has 0 aliphatic heterocycles. The van der Waals surface area contributed by atoms with Gasteiger partial charge in [-0.3, -0.25) is 0 Å². The number of rotatable bonds is 7. The second-order valence-corrected chi connectivity index (χ2v) is 5.77. The van der Waals surface area contributed by atoms with E-state index in [1.165, 1.54) is 17.8 Å². The Labute approximate surface area is 146 Å². The number of ether oxygens (including phenoxy) is 1. The fourth-order valence-corrected chi connectivity index (χ4v) is 2.06. The predicted octanol–water partition coefficient (Wildman–Crippen LogP) is 3.37. The van der Waals surface area contributed by atoms with Gasteiger partial charge in [-0.1, -0.05) is 20.4 Å². The SMILES string of the molecule is C=CN=C(Oc1ccc(NCC(C)C)cc1)c1ncc([N+](=O)[O-])n1C. The van der Waals surface area contributed by atoms with Crippen molar-refractivity contribution in [3.05, 3.63) is 59.2 Å². The fourth-order valence-electron chi connectivity index (χ4n) is 2.06. The van der Waals surface area contributed by atoms with Crippen molar-refractivity contribution in [1.29, 1.82) is 0 Å². The van der Waals surface area contributed by atoms with Crippen molar-refractivity contribution >= 4 is 17.4 Å². The zero-order chi connectivity index (χ0) is 18.4. The first-order chi connectivity index (χ1) is 11.9. The Hall–Kier alpha value is -3.16. The maximum absolute atomic E-state index is 11.0. The van der Waals surface area contributed by atoms with Crippen LogP contribution < -0.4 is 10.1 Å². The number of hydrogen-bond acceptors (Lipinski definition) is 6. The molecule has 0 saturated heterocycles. The minimum absolute atomic E-state index is 0.133. The largest absolute Gasteiger partial charge is 0.434 e. The molecule has 0 amide bonds. The highest BCUT2D eigenvalue weighted by Gasteiger charge is 2.22. The number of nitro groups is 1. The van der Waals surface area contributed by atoms with E-state index in [1.54, 1.807) is 12.1 Å². The first-order valence-electron chi connectivity index (χ1n) is 7.79. The Morgan fingerprint density at radius 3 is 2.68 bits per heavy atom. The average molecular weight is 343 g/mol. The Morgan fingerprint density at radius 2 is 2.16 bits per heavy atom. The number of imidazole rings is 1. The van der Waals surface area contributed by atoms with Crippen LogP contribution in [0.2, 0.25) is 0 Å². The summed E-state index contributed by atoms with van der Waals surface area (Å²) in [6.45, 7) is 8.69. The first-order valence-corrected chi connectivity index (χ1v) is 7.79. The standard InChI is InChI=1S/C17H21N5O3/c1-5-18-17(16-20-11-15(21(16)4)22(23)24)25-14-8-6-13(7-9-14)19-10-12(2)3/h5-9,11-12,19H,1,10H2,2-4H3. The van der Waals surface area contributed by atoms with E-state index in [0.717, 1.165) is 18.4 Å². The molecular weight excluding hydrogens is 322 g/mol. The van der Waals surface area contributed by atoms with Gasteiger partial charge in [0.1, 0.15) is 11.9 Å². The Morgan fingerprint density at radius 1 is 1.48 bits per heavy atom. The molecule has 1 aromatic carbocycles. The molecule has 0 radical (unpaired) electrons. The van der Waals surface area contributed by atoms with Crippen LogP contribution in [0.1, 0.15) is 19.7 Å². The van der Waals surface area contributed by atoms with E-state index in [-0.39, 0.29) is 17.5 Å². The topological polar surface area (TPSA) is 94.6 Å². The van der Waals surface area contributed by atoms with E-state index in [2.05, 4.69) is 35.7 Å². The molecule has 1 heterocycles. The van der Waals surface area contributed by atoms with Crippen molar-refractivity contribution in [2.24, 2.45) is 18.0 Å². The predicted molar refractivity (Wildman–Crippen MR) is 97.0 cm³/mol. The van der Waals surface area contributed by atoms with Gasteiger partial charge >= 0.3 is 5.82 Å². The summed E-state index contributed by atoms with van der Waals surface area (Å²) >= 11 is 0. The van der Waals surface area contributed by atoms with E-state index in [9.17, 15) is 10.1 Å². The third-order valence-corrected chi connectivity index (χ3v) is 3.33. The van der Waals surface area contributed by atoms with Crippen LogP contribution in [-0.2, 0) is 7.05 Å². The van der Waals surface area contributed by atoms with Crippen LogP contribution >= 0.6 is 0 Å². The number of benzene rings is 1. The lowest BCUT2D eigenvalue weighted by Crippen LogP contribution is -2.16. The Balaban J connectivity index is 2.19. The van der Waals surface area contributed by atoms with Crippen molar-refractivity contribution in [2.75, 3.05) is 11.9 Å². The van der Waals surface area contributed by atoms with E-state index >= 15 is 0 Å². The van der Waals surface area contributed by atoms with Crippen LogP contribution in [0.5, 0.6) is 5.75 Å². The molecule has 0 saturated carbocycles. The van der Waals surface area contributed by atoms with E-state index in [1.807, 2.05) is 12.1 Å². The smallest absolute Gasteiger partial charge is 0.343 e. The first kappa shape index (κ1) is 18.2. The molecule has 1 aromatic heterocycles. The fraction of sp³-hybridized carbons (Fsp3) is 0.294. The summed E-state index contributed by atoms with van der Waals surface area (Å²) in [5.74, 6) is 1.31. The summed E-state index contributed by atoms with van der Waals surface area (Å²) in [6, 6.07) is 7.37. The molecule has 2 aromatic rings. The zero-order valence-corrected chi connectivity index (χ0v) is 14.5. The molecule has 0 aliphatic carbocycles. The van der Waals surface area contributed by atoms with Crippen molar-refractivity contribution in [3.8, 4) is 5.75 Å². The quantitative estimate of drug-likeness (QED) is 0.360. The highest BCUT2D eigenvalue weighted by molar-refractivity contribution is 5.93. The van der Waals surface area contributed by atoms with E-state index in [4.69, 9.17) is 4.74 Å². The van der Waals surface area contributed by atoms with Crippen molar-refractivity contribution in [3.63, 3.8) is 0 Å². The van der Waals surface area contributed by atoms with Gasteiger partial charge in [0.05, 0.1) is 7.05 Å². The molecule has 132 valence electrons. The molecule has 8 nitrogen and oxygen atoms in total.